The molecule has 0 unspecified atom stereocenters. The van der Waals surface area contributed by atoms with Crippen LogP contribution in [0, 0.1) is 0 Å². The molecule has 0 aliphatic carbocycles. The fourth-order valence-corrected chi connectivity index (χ4v) is 4.71. The number of nitrogens with one attached hydrogen (secondary N) is 3. The van der Waals surface area contributed by atoms with Gasteiger partial charge in [-0.1, -0.05) is 29.8 Å². The number of aliphatic hydroxyl groups is 1. The fraction of sp³-hybridized carbons (Fsp3) is 0.385. The Balaban J connectivity index is 1.18. The van der Waals surface area contributed by atoms with Gasteiger partial charge in [0.2, 0.25) is 11.5 Å². The van der Waals surface area contributed by atoms with Crippen molar-refractivity contribution >= 4 is 28.4 Å². The highest BCUT2D eigenvalue weighted by Crippen LogP contribution is 2.28. The second-order valence-corrected chi connectivity index (χ2v) is 9.42. The van der Waals surface area contributed by atoms with Gasteiger partial charge in [0.25, 0.3) is 0 Å². The number of phenolic OH excluding ortho intramolecular Hbond substituents is 1. The van der Waals surface area contributed by atoms with E-state index in [2.05, 4.69) is 20.5 Å². The number of aromatic nitrogens is 1. The van der Waals surface area contributed by atoms with Crippen LogP contribution in [0.15, 0.2) is 53.3 Å². The number of aromatic amines is 1. The van der Waals surface area contributed by atoms with Crippen LogP contribution < -0.4 is 16.2 Å². The van der Waals surface area contributed by atoms with Crippen LogP contribution in [0.1, 0.15) is 36.5 Å². The van der Waals surface area contributed by atoms with E-state index in [1.807, 2.05) is 24.3 Å². The molecule has 1 fully saturated rings. The Labute approximate surface area is 208 Å². The summed E-state index contributed by atoms with van der Waals surface area (Å²) in [6.45, 7) is 3.33. The highest BCUT2D eigenvalue weighted by atomic mass is 35.5. The van der Waals surface area contributed by atoms with Crippen LogP contribution in [0.5, 0.6) is 5.75 Å². The van der Waals surface area contributed by atoms with Crippen LogP contribution in [0.25, 0.3) is 10.9 Å². The van der Waals surface area contributed by atoms with Crippen molar-refractivity contribution in [1.82, 2.24) is 20.5 Å². The molecule has 2 heterocycles. The first kappa shape index (κ1) is 25.2. The largest absolute Gasteiger partial charge is 0.506 e. The minimum absolute atomic E-state index is 0.0212. The number of H-pyrrole nitrogens is 1. The first-order valence-electron chi connectivity index (χ1n) is 11.9. The van der Waals surface area contributed by atoms with E-state index in [-0.39, 0.29) is 23.3 Å². The third-order valence-electron chi connectivity index (χ3n) is 6.49. The summed E-state index contributed by atoms with van der Waals surface area (Å²) >= 11 is 5.98. The first-order chi connectivity index (χ1) is 16.9. The van der Waals surface area contributed by atoms with Crippen LogP contribution in [0.3, 0.4) is 0 Å². The summed E-state index contributed by atoms with van der Waals surface area (Å²) in [7, 11) is 0. The Bertz CT molecular complexity index is 1220. The monoisotopic (exact) mass is 498 g/mol. The SMILES string of the molecule is O=C(CCN1CCC(NC[C@H](O)c2ccc(O)c3[nH]c(=O)ccc23)CC1)NCc1cccc(Cl)c1. The number of likely N-dealkylation sites (tertiary alicyclic amines) is 1. The van der Waals surface area contributed by atoms with Gasteiger partial charge >= 0.3 is 0 Å². The van der Waals surface area contributed by atoms with Gasteiger partial charge in [0.1, 0.15) is 5.75 Å². The van der Waals surface area contributed by atoms with Crippen molar-refractivity contribution in [1.29, 1.82) is 0 Å². The van der Waals surface area contributed by atoms with Gasteiger partial charge in [-0.3, -0.25) is 9.59 Å². The van der Waals surface area contributed by atoms with Crippen LogP contribution in [-0.2, 0) is 11.3 Å². The molecule has 3 aromatic rings. The van der Waals surface area contributed by atoms with E-state index in [0.29, 0.717) is 47.5 Å². The lowest BCUT2D eigenvalue weighted by molar-refractivity contribution is -0.121. The Morgan fingerprint density at radius 3 is 2.74 bits per heavy atom. The van der Waals surface area contributed by atoms with E-state index < -0.39 is 6.10 Å². The fourth-order valence-electron chi connectivity index (χ4n) is 4.49. The number of phenols is 1. The quantitative estimate of drug-likeness (QED) is 0.309. The lowest BCUT2D eigenvalue weighted by Gasteiger charge is -2.32. The van der Waals surface area contributed by atoms with Gasteiger partial charge in [0.05, 0.1) is 11.6 Å². The van der Waals surface area contributed by atoms with E-state index in [1.165, 1.54) is 12.1 Å². The number of hydrogen-bond donors (Lipinski definition) is 5. The molecule has 8 nitrogen and oxygen atoms in total. The minimum Gasteiger partial charge on any atom is -0.506 e. The molecule has 1 saturated heterocycles. The van der Waals surface area contributed by atoms with Gasteiger partial charge in [-0.15, -0.1) is 0 Å². The Kier molecular flexibility index (Phi) is 8.41. The number of nitrogens with zero attached hydrogens (tertiary/aromatic N) is 1. The number of benzene rings is 2. The topological polar surface area (TPSA) is 118 Å². The number of aromatic hydroxyl groups is 1. The number of rotatable bonds is 9. The number of halogens is 1. The third-order valence-corrected chi connectivity index (χ3v) is 6.72. The lowest BCUT2D eigenvalue weighted by atomic mass is 10.0. The molecule has 1 atom stereocenters. The van der Waals surface area contributed by atoms with Gasteiger partial charge in [-0.2, -0.15) is 0 Å². The molecule has 0 saturated carbocycles. The zero-order valence-electron chi connectivity index (χ0n) is 19.5. The molecule has 0 spiro atoms. The molecule has 4 rings (SSSR count). The van der Waals surface area contributed by atoms with Gasteiger partial charge in [0.15, 0.2) is 0 Å². The molecule has 1 aliphatic heterocycles. The highest BCUT2D eigenvalue weighted by Gasteiger charge is 2.21. The van der Waals surface area contributed by atoms with Gasteiger partial charge in [0, 0.05) is 48.6 Å². The van der Waals surface area contributed by atoms with Crippen LogP contribution in [0.2, 0.25) is 5.02 Å². The summed E-state index contributed by atoms with van der Waals surface area (Å²) in [6, 6.07) is 13.9. The highest BCUT2D eigenvalue weighted by molar-refractivity contribution is 6.30. The predicted molar refractivity (Wildman–Crippen MR) is 137 cm³/mol. The molecule has 2 aromatic carbocycles. The van der Waals surface area contributed by atoms with Crippen LogP contribution >= 0.6 is 11.6 Å². The number of hydrogen-bond acceptors (Lipinski definition) is 6. The maximum absolute atomic E-state index is 12.2. The number of carbonyl (C=O) groups excluding carboxylic acids is 1. The molecule has 35 heavy (non-hydrogen) atoms. The standard InChI is InChI=1S/C26H31ClN4O4/c27-18-3-1-2-17(14-18)15-29-24(34)10-13-31-11-8-19(9-12-31)28-16-23(33)20-4-6-22(32)26-21(20)5-7-25(35)30-26/h1-7,14,19,23,28,32-33H,8-13,15-16H2,(H,29,34)(H,30,35)/t23-/m0/s1. The molecule has 9 heteroatoms. The maximum Gasteiger partial charge on any atom is 0.248 e. The molecule has 1 aliphatic rings. The Morgan fingerprint density at radius 1 is 1.17 bits per heavy atom. The summed E-state index contributed by atoms with van der Waals surface area (Å²) in [6.07, 6.45) is 1.54. The van der Waals surface area contributed by atoms with Gasteiger partial charge < -0.3 is 30.7 Å². The Hall–Kier alpha value is -2.91. The normalized spacial score (nSPS) is 15.8. The number of fused-ring (bicyclic) bond motifs is 1. The van der Waals surface area contributed by atoms with Crippen molar-refractivity contribution < 1.29 is 15.0 Å². The Morgan fingerprint density at radius 2 is 1.97 bits per heavy atom. The van der Waals surface area contributed by atoms with E-state index in [1.54, 1.807) is 12.1 Å². The van der Waals surface area contributed by atoms with Crippen molar-refractivity contribution in [3.8, 4) is 5.75 Å². The van der Waals surface area contributed by atoms with Crippen molar-refractivity contribution in [3.05, 3.63) is 75.0 Å². The average molecular weight is 499 g/mol. The van der Waals surface area contributed by atoms with Crippen LogP contribution in [-0.4, -0.2) is 58.2 Å². The zero-order valence-corrected chi connectivity index (χ0v) is 20.2. The summed E-state index contributed by atoms with van der Waals surface area (Å²) in [5, 5.41) is 28.5. The third kappa shape index (κ3) is 6.82. The summed E-state index contributed by atoms with van der Waals surface area (Å²) in [5.74, 6) is 0.00272. The predicted octanol–water partition coefficient (Wildman–Crippen LogP) is 2.68. The lowest BCUT2D eigenvalue weighted by Crippen LogP contribution is -2.44. The molecule has 5 N–H and O–H groups in total. The molecule has 1 aromatic heterocycles. The van der Waals surface area contributed by atoms with Crippen molar-refractivity contribution in [2.45, 2.75) is 38.0 Å². The summed E-state index contributed by atoms with van der Waals surface area (Å²) in [5.41, 5.74) is 1.66. The molecule has 0 bridgehead atoms. The number of carbonyl (C=O) groups is 1. The average Bonchev–Trinajstić information content (AvgIpc) is 2.86. The van der Waals surface area contributed by atoms with E-state index in [0.717, 1.165) is 31.5 Å². The first-order valence-corrected chi connectivity index (χ1v) is 12.3. The van der Waals surface area contributed by atoms with Gasteiger partial charge in [-0.05, 0) is 61.3 Å². The number of pyridine rings is 1. The van der Waals surface area contributed by atoms with E-state index in [9.17, 15) is 19.8 Å². The molecule has 186 valence electrons. The minimum atomic E-state index is -0.773. The zero-order chi connectivity index (χ0) is 24.8. The van der Waals surface area contributed by atoms with Crippen LogP contribution in [0.4, 0.5) is 0 Å². The molecule has 0 radical (unpaired) electrons. The number of aliphatic hydroxyl groups excluding tert-OH is 1. The summed E-state index contributed by atoms with van der Waals surface area (Å²) in [4.78, 5) is 28.7. The number of amides is 1. The van der Waals surface area contributed by atoms with E-state index in [4.69, 9.17) is 11.6 Å². The van der Waals surface area contributed by atoms with Crippen molar-refractivity contribution in [2.75, 3.05) is 26.2 Å². The van der Waals surface area contributed by atoms with E-state index >= 15 is 0 Å². The smallest absolute Gasteiger partial charge is 0.248 e. The second kappa shape index (κ2) is 11.7. The molecular weight excluding hydrogens is 468 g/mol. The van der Waals surface area contributed by atoms with Crippen molar-refractivity contribution in [2.24, 2.45) is 0 Å². The summed E-state index contributed by atoms with van der Waals surface area (Å²) < 4.78 is 0. The van der Waals surface area contributed by atoms with Crippen molar-refractivity contribution in [3.63, 3.8) is 0 Å². The second-order valence-electron chi connectivity index (χ2n) is 8.98. The van der Waals surface area contributed by atoms with Gasteiger partial charge in [-0.25, -0.2) is 0 Å². The maximum atomic E-state index is 12.2. The molecule has 1 amide bonds. The molecular formula is C26H31ClN4O4. The number of piperidine rings is 1.